The van der Waals surface area contributed by atoms with Gasteiger partial charge in [-0.2, -0.15) is 0 Å². The van der Waals surface area contributed by atoms with E-state index in [1.54, 1.807) is 11.0 Å². The smallest absolute Gasteiger partial charge is 0.315 e. The van der Waals surface area contributed by atoms with Gasteiger partial charge in [0.05, 0.1) is 0 Å². The first kappa shape index (κ1) is 10.0. The Bertz CT molecular complexity index is 143. The summed E-state index contributed by atoms with van der Waals surface area (Å²) < 4.78 is 0. The average Bonchev–Trinajstić information content (AvgIpc) is 1.86. The van der Waals surface area contributed by atoms with Gasteiger partial charge in [0.2, 0.25) is 0 Å². The lowest BCUT2D eigenvalue weighted by atomic mass is 10.2. The van der Waals surface area contributed by atoms with Gasteiger partial charge in [-0.15, -0.1) is 6.58 Å². The monoisotopic (exact) mass is 156 g/mol. The number of carbonyl (C=O) groups excluding carboxylic acids is 1. The summed E-state index contributed by atoms with van der Waals surface area (Å²) in [6, 6.07) is -0.376. The van der Waals surface area contributed by atoms with E-state index in [2.05, 4.69) is 6.58 Å². The van der Waals surface area contributed by atoms with E-state index in [1.165, 1.54) is 0 Å². The second kappa shape index (κ2) is 4.77. The zero-order chi connectivity index (χ0) is 8.85. The van der Waals surface area contributed by atoms with Gasteiger partial charge in [-0.3, -0.25) is 0 Å². The molecule has 0 bridgehead atoms. The maximum absolute atomic E-state index is 10.7. The molecule has 0 saturated carbocycles. The van der Waals surface area contributed by atoms with Crippen molar-refractivity contribution in [2.75, 3.05) is 13.1 Å². The van der Waals surface area contributed by atoms with Crippen LogP contribution in [-0.2, 0) is 0 Å². The van der Waals surface area contributed by atoms with E-state index >= 15 is 0 Å². The van der Waals surface area contributed by atoms with Crippen molar-refractivity contribution in [1.29, 1.82) is 0 Å². The summed E-state index contributed by atoms with van der Waals surface area (Å²) in [6.07, 6.45) is 1.67. The Labute approximate surface area is 67.9 Å². The lowest BCUT2D eigenvalue weighted by Crippen LogP contribution is -2.38. The van der Waals surface area contributed by atoms with Crippen LogP contribution < -0.4 is 5.73 Å². The van der Waals surface area contributed by atoms with Gasteiger partial charge >= 0.3 is 6.03 Å². The van der Waals surface area contributed by atoms with Crippen LogP contribution in [-0.4, -0.2) is 24.0 Å². The fourth-order valence-electron chi connectivity index (χ4n) is 0.851. The largest absolute Gasteiger partial charge is 0.351 e. The second-order valence-corrected chi connectivity index (χ2v) is 2.93. The van der Waals surface area contributed by atoms with Gasteiger partial charge in [0, 0.05) is 13.1 Å². The Balaban J connectivity index is 3.88. The number of nitrogens with zero attached hydrogens (tertiary/aromatic N) is 1. The molecule has 0 radical (unpaired) electrons. The predicted molar refractivity (Wildman–Crippen MR) is 46.2 cm³/mol. The normalized spacial score (nSPS) is 9.73. The minimum Gasteiger partial charge on any atom is -0.351 e. The molecular weight excluding hydrogens is 140 g/mol. The van der Waals surface area contributed by atoms with Gasteiger partial charge in [0.15, 0.2) is 0 Å². The fraction of sp³-hybridized carbons (Fsp3) is 0.625. The minimum absolute atomic E-state index is 0.376. The standard InChI is InChI=1S/C8H16N2O/c1-4-5-10(8(9)11)6-7(2)3/h4,7H,1,5-6H2,2-3H3,(H2,9,11). The summed E-state index contributed by atoms with van der Waals surface area (Å²) in [5.41, 5.74) is 5.11. The Hall–Kier alpha value is -0.990. The second-order valence-electron chi connectivity index (χ2n) is 2.93. The third kappa shape index (κ3) is 4.42. The highest BCUT2D eigenvalue weighted by molar-refractivity contribution is 5.72. The average molecular weight is 156 g/mol. The van der Waals surface area contributed by atoms with Crippen molar-refractivity contribution in [1.82, 2.24) is 4.90 Å². The minimum atomic E-state index is -0.376. The van der Waals surface area contributed by atoms with E-state index in [9.17, 15) is 4.79 Å². The fourth-order valence-corrected chi connectivity index (χ4v) is 0.851. The van der Waals surface area contributed by atoms with E-state index < -0.39 is 0 Å². The quantitative estimate of drug-likeness (QED) is 0.611. The zero-order valence-electron chi connectivity index (χ0n) is 7.21. The molecule has 64 valence electrons. The molecule has 2 amide bonds. The molecule has 0 saturated heterocycles. The van der Waals surface area contributed by atoms with E-state index in [0.29, 0.717) is 19.0 Å². The molecule has 0 aliphatic rings. The number of hydrogen-bond donors (Lipinski definition) is 1. The van der Waals surface area contributed by atoms with Crippen molar-refractivity contribution < 1.29 is 4.79 Å². The van der Waals surface area contributed by atoms with Gasteiger partial charge in [-0.25, -0.2) is 4.79 Å². The first-order chi connectivity index (χ1) is 5.07. The first-order valence-electron chi connectivity index (χ1n) is 3.73. The van der Waals surface area contributed by atoms with E-state index in [0.717, 1.165) is 0 Å². The number of hydrogen-bond acceptors (Lipinski definition) is 1. The molecule has 0 aromatic carbocycles. The van der Waals surface area contributed by atoms with E-state index in [-0.39, 0.29) is 6.03 Å². The SMILES string of the molecule is C=CCN(CC(C)C)C(N)=O. The van der Waals surface area contributed by atoms with Crippen molar-refractivity contribution in [3.63, 3.8) is 0 Å². The molecule has 0 aliphatic carbocycles. The molecule has 0 aliphatic heterocycles. The molecule has 2 N–H and O–H groups in total. The lowest BCUT2D eigenvalue weighted by molar-refractivity contribution is 0.207. The van der Waals surface area contributed by atoms with Crippen molar-refractivity contribution in [2.45, 2.75) is 13.8 Å². The first-order valence-corrected chi connectivity index (χ1v) is 3.73. The summed E-state index contributed by atoms with van der Waals surface area (Å²) in [4.78, 5) is 12.3. The van der Waals surface area contributed by atoms with Gasteiger partial charge in [0.1, 0.15) is 0 Å². The Morgan fingerprint density at radius 3 is 2.55 bits per heavy atom. The third-order valence-corrected chi connectivity index (χ3v) is 1.25. The maximum atomic E-state index is 10.7. The van der Waals surface area contributed by atoms with Gasteiger partial charge in [-0.05, 0) is 5.92 Å². The van der Waals surface area contributed by atoms with Crippen LogP contribution in [0, 0.1) is 5.92 Å². The van der Waals surface area contributed by atoms with E-state index in [1.807, 2.05) is 13.8 Å². The van der Waals surface area contributed by atoms with Gasteiger partial charge < -0.3 is 10.6 Å². The van der Waals surface area contributed by atoms with Crippen LogP contribution in [0.5, 0.6) is 0 Å². The van der Waals surface area contributed by atoms with E-state index in [4.69, 9.17) is 5.73 Å². The summed E-state index contributed by atoms with van der Waals surface area (Å²) in [7, 11) is 0. The van der Waals surface area contributed by atoms with Crippen LogP contribution in [0.2, 0.25) is 0 Å². The van der Waals surface area contributed by atoms with Crippen LogP contribution in [0.3, 0.4) is 0 Å². The summed E-state index contributed by atoms with van der Waals surface area (Å²) >= 11 is 0. The van der Waals surface area contributed by atoms with Crippen LogP contribution in [0.1, 0.15) is 13.8 Å². The van der Waals surface area contributed by atoms with Crippen molar-refractivity contribution >= 4 is 6.03 Å². The number of amides is 2. The van der Waals surface area contributed by atoms with Crippen LogP contribution in [0.15, 0.2) is 12.7 Å². The molecule has 0 aromatic heterocycles. The highest BCUT2D eigenvalue weighted by atomic mass is 16.2. The Morgan fingerprint density at radius 1 is 1.73 bits per heavy atom. The van der Waals surface area contributed by atoms with Crippen LogP contribution >= 0.6 is 0 Å². The third-order valence-electron chi connectivity index (χ3n) is 1.25. The Morgan fingerprint density at radius 2 is 2.27 bits per heavy atom. The molecule has 0 aromatic rings. The lowest BCUT2D eigenvalue weighted by Gasteiger charge is -2.20. The zero-order valence-corrected chi connectivity index (χ0v) is 7.21. The number of rotatable bonds is 4. The summed E-state index contributed by atoms with van der Waals surface area (Å²) in [5.74, 6) is 0.447. The maximum Gasteiger partial charge on any atom is 0.315 e. The molecular formula is C8H16N2O. The van der Waals surface area contributed by atoms with Crippen LogP contribution in [0.4, 0.5) is 4.79 Å². The molecule has 0 unspecified atom stereocenters. The molecule has 0 atom stereocenters. The molecule has 3 nitrogen and oxygen atoms in total. The topological polar surface area (TPSA) is 46.3 Å². The summed E-state index contributed by atoms with van der Waals surface area (Å²) in [5, 5.41) is 0. The summed E-state index contributed by atoms with van der Waals surface area (Å²) in [6.45, 7) is 8.85. The van der Waals surface area contributed by atoms with Crippen LogP contribution in [0.25, 0.3) is 0 Å². The highest BCUT2D eigenvalue weighted by Gasteiger charge is 2.08. The number of primary amides is 1. The van der Waals surface area contributed by atoms with Gasteiger partial charge in [0.25, 0.3) is 0 Å². The molecule has 0 rings (SSSR count). The highest BCUT2D eigenvalue weighted by Crippen LogP contribution is 1.97. The van der Waals surface area contributed by atoms with Crippen molar-refractivity contribution in [3.05, 3.63) is 12.7 Å². The molecule has 0 spiro atoms. The van der Waals surface area contributed by atoms with Gasteiger partial charge in [-0.1, -0.05) is 19.9 Å². The number of urea groups is 1. The molecule has 0 fully saturated rings. The van der Waals surface area contributed by atoms with Crippen molar-refractivity contribution in [3.8, 4) is 0 Å². The number of nitrogens with two attached hydrogens (primary N) is 1. The molecule has 11 heavy (non-hydrogen) atoms. The van der Waals surface area contributed by atoms with Crippen molar-refractivity contribution in [2.24, 2.45) is 11.7 Å². The molecule has 3 heteroatoms. The predicted octanol–water partition coefficient (Wildman–Crippen LogP) is 1.21. The number of carbonyl (C=O) groups is 1. The Kier molecular flexibility index (Phi) is 4.34. The molecule has 0 heterocycles.